The van der Waals surface area contributed by atoms with Gasteiger partial charge in [0.05, 0.1) is 13.7 Å². The Labute approximate surface area is 139 Å². The van der Waals surface area contributed by atoms with E-state index in [1.54, 1.807) is 13.2 Å². The van der Waals surface area contributed by atoms with Crippen LogP contribution in [0.4, 0.5) is 0 Å². The molecule has 1 aliphatic rings. The third-order valence-corrected chi connectivity index (χ3v) is 4.09. The third-order valence-electron chi connectivity index (χ3n) is 4.09. The van der Waals surface area contributed by atoms with Gasteiger partial charge >= 0.3 is 0 Å². The van der Waals surface area contributed by atoms with Gasteiger partial charge in [-0.3, -0.25) is 4.79 Å². The van der Waals surface area contributed by atoms with Crippen LogP contribution in [0.15, 0.2) is 24.3 Å². The van der Waals surface area contributed by atoms with E-state index in [2.05, 4.69) is 13.8 Å². The summed E-state index contributed by atoms with van der Waals surface area (Å²) in [6, 6.07) is 5.69. The highest BCUT2D eigenvalue weighted by Gasteiger charge is 2.23. The van der Waals surface area contributed by atoms with E-state index in [1.807, 2.05) is 36.1 Å². The number of carbonyl (C=O) groups is 1. The molecule has 0 aromatic heterocycles. The zero-order chi connectivity index (χ0) is 16.8. The van der Waals surface area contributed by atoms with E-state index >= 15 is 0 Å². The number of likely N-dealkylation sites (tertiary alicyclic amines) is 1. The smallest absolute Gasteiger partial charge is 0.246 e. The molecule has 1 saturated heterocycles. The van der Waals surface area contributed by atoms with E-state index in [1.165, 1.54) is 6.42 Å². The summed E-state index contributed by atoms with van der Waals surface area (Å²) in [5.41, 5.74) is 0.928. The summed E-state index contributed by atoms with van der Waals surface area (Å²) in [5.74, 6) is 2.62. The minimum atomic E-state index is 0.0799. The average Bonchev–Trinajstić information content (AvgIpc) is 2.52. The van der Waals surface area contributed by atoms with Gasteiger partial charge in [-0.25, -0.2) is 0 Å². The van der Waals surface area contributed by atoms with Crippen molar-refractivity contribution in [3.8, 4) is 11.5 Å². The van der Waals surface area contributed by atoms with Crippen molar-refractivity contribution < 1.29 is 14.3 Å². The summed E-state index contributed by atoms with van der Waals surface area (Å²) in [6.45, 7) is 8.63. The molecule has 1 aromatic rings. The maximum Gasteiger partial charge on any atom is 0.246 e. The first-order valence-corrected chi connectivity index (χ1v) is 8.31. The van der Waals surface area contributed by atoms with Crippen LogP contribution in [0, 0.1) is 11.8 Å². The van der Waals surface area contributed by atoms with Crippen LogP contribution in [0.2, 0.25) is 0 Å². The van der Waals surface area contributed by atoms with Crippen molar-refractivity contribution in [3.05, 3.63) is 29.8 Å². The topological polar surface area (TPSA) is 38.8 Å². The standard InChI is InChI=1S/C19H27NO3/c1-5-23-17-8-6-16(11-18(17)22-4)7-9-19(21)20-12-14(2)10-15(3)13-20/h6-9,11,14-15H,5,10,12-13H2,1-4H3/b9-7+. The maximum absolute atomic E-state index is 12.4. The zero-order valence-corrected chi connectivity index (χ0v) is 14.5. The van der Waals surface area contributed by atoms with Gasteiger partial charge in [-0.2, -0.15) is 0 Å². The molecule has 2 rings (SSSR count). The molecule has 0 saturated carbocycles. The van der Waals surface area contributed by atoms with Gasteiger partial charge in [0.15, 0.2) is 11.5 Å². The molecule has 1 fully saturated rings. The molecule has 0 bridgehead atoms. The molecular formula is C19H27NO3. The van der Waals surface area contributed by atoms with Gasteiger partial charge in [0.25, 0.3) is 0 Å². The number of rotatable bonds is 5. The number of benzene rings is 1. The lowest BCUT2D eigenvalue weighted by Gasteiger charge is -2.34. The number of methoxy groups -OCH3 is 1. The Morgan fingerprint density at radius 3 is 2.57 bits per heavy atom. The van der Waals surface area contributed by atoms with Gasteiger partial charge in [-0.15, -0.1) is 0 Å². The summed E-state index contributed by atoms with van der Waals surface area (Å²) in [6.07, 6.45) is 4.69. The van der Waals surface area contributed by atoms with Crippen LogP contribution in [0.5, 0.6) is 11.5 Å². The zero-order valence-electron chi connectivity index (χ0n) is 14.5. The van der Waals surface area contributed by atoms with Crippen LogP contribution in [0.3, 0.4) is 0 Å². The van der Waals surface area contributed by atoms with E-state index in [0.717, 1.165) is 24.4 Å². The quantitative estimate of drug-likeness (QED) is 0.779. The summed E-state index contributed by atoms with van der Waals surface area (Å²) in [5, 5.41) is 0. The second-order valence-electron chi connectivity index (χ2n) is 6.37. The van der Waals surface area contributed by atoms with Gasteiger partial charge in [0.2, 0.25) is 5.91 Å². The highest BCUT2D eigenvalue weighted by Crippen LogP contribution is 2.28. The molecule has 1 aliphatic heterocycles. The van der Waals surface area contributed by atoms with Crippen molar-refractivity contribution in [1.82, 2.24) is 4.90 Å². The molecule has 1 heterocycles. The van der Waals surface area contributed by atoms with Crippen molar-refractivity contribution in [3.63, 3.8) is 0 Å². The van der Waals surface area contributed by atoms with E-state index in [9.17, 15) is 4.79 Å². The van der Waals surface area contributed by atoms with Crippen LogP contribution in [-0.2, 0) is 4.79 Å². The monoisotopic (exact) mass is 317 g/mol. The lowest BCUT2D eigenvalue weighted by Crippen LogP contribution is -2.41. The molecule has 0 N–H and O–H groups in total. The van der Waals surface area contributed by atoms with Gasteiger partial charge < -0.3 is 14.4 Å². The SMILES string of the molecule is CCOc1ccc(/C=C/C(=O)N2CC(C)CC(C)C2)cc1OC. The molecular weight excluding hydrogens is 290 g/mol. The second kappa shape index (κ2) is 8.04. The number of hydrogen-bond acceptors (Lipinski definition) is 3. The predicted molar refractivity (Wildman–Crippen MR) is 92.7 cm³/mol. The van der Waals surface area contributed by atoms with Crippen LogP contribution in [0.25, 0.3) is 6.08 Å². The van der Waals surface area contributed by atoms with Crippen LogP contribution in [0.1, 0.15) is 32.8 Å². The number of ether oxygens (including phenoxy) is 2. The molecule has 2 atom stereocenters. The Hall–Kier alpha value is -1.97. The van der Waals surface area contributed by atoms with Gasteiger partial charge in [0, 0.05) is 19.2 Å². The first-order chi connectivity index (χ1) is 11.0. The molecule has 0 spiro atoms. The fraction of sp³-hybridized carbons (Fsp3) is 0.526. The largest absolute Gasteiger partial charge is 0.493 e. The fourth-order valence-corrected chi connectivity index (χ4v) is 3.18. The normalized spacial score (nSPS) is 21.5. The Balaban J connectivity index is 2.05. The Bertz CT molecular complexity index is 558. The minimum Gasteiger partial charge on any atom is -0.493 e. The van der Waals surface area contributed by atoms with E-state index in [-0.39, 0.29) is 5.91 Å². The first kappa shape index (κ1) is 17.4. The number of nitrogens with zero attached hydrogens (tertiary/aromatic N) is 1. The Morgan fingerprint density at radius 1 is 1.26 bits per heavy atom. The lowest BCUT2D eigenvalue weighted by molar-refractivity contribution is -0.128. The van der Waals surface area contributed by atoms with Crippen LogP contribution in [-0.4, -0.2) is 37.6 Å². The summed E-state index contributed by atoms with van der Waals surface area (Å²) < 4.78 is 10.8. The van der Waals surface area contributed by atoms with Crippen molar-refractivity contribution in [1.29, 1.82) is 0 Å². The highest BCUT2D eigenvalue weighted by molar-refractivity contribution is 5.92. The minimum absolute atomic E-state index is 0.0799. The van der Waals surface area contributed by atoms with Gasteiger partial charge in [-0.05, 0) is 49.0 Å². The van der Waals surface area contributed by atoms with Crippen molar-refractivity contribution in [2.45, 2.75) is 27.2 Å². The lowest BCUT2D eigenvalue weighted by atomic mass is 9.92. The molecule has 1 aromatic carbocycles. The van der Waals surface area contributed by atoms with Crippen molar-refractivity contribution in [2.24, 2.45) is 11.8 Å². The predicted octanol–water partition coefficient (Wildman–Crippen LogP) is 3.61. The third kappa shape index (κ3) is 4.75. The summed E-state index contributed by atoms with van der Waals surface area (Å²) in [4.78, 5) is 14.3. The molecule has 4 heteroatoms. The molecule has 23 heavy (non-hydrogen) atoms. The summed E-state index contributed by atoms with van der Waals surface area (Å²) >= 11 is 0. The highest BCUT2D eigenvalue weighted by atomic mass is 16.5. The number of hydrogen-bond donors (Lipinski definition) is 0. The molecule has 1 amide bonds. The molecule has 2 unspecified atom stereocenters. The van der Waals surface area contributed by atoms with Gasteiger partial charge in [-0.1, -0.05) is 19.9 Å². The van der Waals surface area contributed by atoms with E-state index in [0.29, 0.717) is 24.2 Å². The van der Waals surface area contributed by atoms with Crippen molar-refractivity contribution >= 4 is 12.0 Å². The molecule has 0 radical (unpaired) electrons. The van der Waals surface area contributed by atoms with Gasteiger partial charge in [0.1, 0.15) is 0 Å². The molecule has 4 nitrogen and oxygen atoms in total. The average molecular weight is 317 g/mol. The number of amides is 1. The number of piperidine rings is 1. The fourth-order valence-electron chi connectivity index (χ4n) is 3.18. The Morgan fingerprint density at radius 2 is 1.96 bits per heavy atom. The maximum atomic E-state index is 12.4. The first-order valence-electron chi connectivity index (χ1n) is 8.31. The second-order valence-corrected chi connectivity index (χ2v) is 6.37. The Kier molecular flexibility index (Phi) is 6.08. The summed E-state index contributed by atoms with van der Waals surface area (Å²) in [7, 11) is 1.62. The molecule has 126 valence electrons. The number of carbonyl (C=O) groups excluding carboxylic acids is 1. The van der Waals surface area contributed by atoms with E-state index < -0.39 is 0 Å². The van der Waals surface area contributed by atoms with Crippen LogP contribution < -0.4 is 9.47 Å². The van der Waals surface area contributed by atoms with Crippen molar-refractivity contribution in [2.75, 3.05) is 26.8 Å². The van der Waals surface area contributed by atoms with E-state index in [4.69, 9.17) is 9.47 Å². The molecule has 0 aliphatic carbocycles. The van der Waals surface area contributed by atoms with Crippen LogP contribution >= 0.6 is 0 Å².